The zero-order valence-corrected chi connectivity index (χ0v) is 13.3. The lowest BCUT2D eigenvalue weighted by molar-refractivity contribution is 0.0929. The van der Waals surface area contributed by atoms with Crippen LogP contribution in [0.4, 0.5) is 0 Å². The van der Waals surface area contributed by atoms with Crippen molar-refractivity contribution in [2.45, 2.75) is 33.7 Å². The number of nitrogens with one attached hydrogen (secondary N) is 1. The molecule has 0 saturated heterocycles. The molecule has 106 valence electrons. The number of benzene rings is 1. The fourth-order valence-electron chi connectivity index (χ4n) is 2.19. The van der Waals surface area contributed by atoms with Crippen molar-refractivity contribution in [1.82, 2.24) is 5.32 Å². The molecule has 0 spiro atoms. The van der Waals surface area contributed by atoms with Crippen molar-refractivity contribution in [1.29, 1.82) is 0 Å². The second-order valence-corrected chi connectivity index (χ2v) is 6.71. The lowest BCUT2D eigenvalue weighted by atomic mass is 9.96. The van der Waals surface area contributed by atoms with E-state index in [0.717, 1.165) is 10.4 Å². The van der Waals surface area contributed by atoms with Gasteiger partial charge in [-0.15, -0.1) is 11.3 Å². The zero-order chi connectivity index (χ0) is 14.7. The van der Waals surface area contributed by atoms with Gasteiger partial charge < -0.3 is 5.32 Å². The fourth-order valence-corrected chi connectivity index (χ4v) is 3.13. The average molecular weight is 287 g/mol. The molecule has 2 rings (SSSR count). The predicted octanol–water partition coefficient (Wildman–Crippen LogP) is 4.49. The minimum atomic E-state index is 0.0220. The Bertz CT molecular complexity index is 567. The molecule has 0 fully saturated rings. The third-order valence-corrected chi connectivity index (χ3v) is 4.65. The summed E-state index contributed by atoms with van der Waals surface area (Å²) in [5.74, 6) is 0.372. The van der Waals surface area contributed by atoms with Crippen LogP contribution in [0.5, 0.6) is 0 Å². The average Bonchev–Trinajstić information content (AvgIpc) is 2.76. The van der Waals surface area contributed by atoms with Crippen LogP contribution in [0.25, 0.3) is 0 Å². The van der Waals surface area contributed by atoms with Crippen molar-refractivity contribution in [3.63, 3.8) is 0 Å². The van der Waals surface area contributed by atoms with E-state index in [0.29, 0.717) is 5.92 Å². The van der Waals surface area contributed by atoms with E-state index in [1.807, 2.05) is 38.1 Å². The first-order valence-electron chi connectivity index (χ1n) is 6.92. The van der Waals surface area contributed by atoms with Gasteiger partial charge in [-0.2, -0.15) is 0 Å². The first-order valence-corrected chi connectivity index (χ1v) is 7.73. The monoisotopic (exact) mass is 287 g/mol. The molecule has 0 radical (unpaired) electrons. The van der Waals surface area contributed by atoms with Gasteiger partial charge in [0.1, 0.15) is 0 Å². The Labute approximate surface area is 124 Å². The summed E-state index contributed by atoms with van der Waals surface area (Å²) in [6.07, 6.45) is 0. The second kappa shape index (κ2) is 6.23. The molecular weight excluding hydrogens is 266 g/mol. The van der Waals surface area contributed by atoms with Gasteiger partial charge in [0.2, 0.25) is 0 Å². The van der Waals surface area contributed by atoms with Crippen molar-refractivity contribution >= 4 is 17.2 Å². The van der Waals surface area contributed by atoms with Crippen LogP contribution in [0.15, 0.2) is 36.4 Å². The number of thiophene rings is 1. The smallest absolute Gasteiger partial charge is 0.261 e. The van der Waals surface area contributed by atoms with Crippen LogP contribution in [0.1, 0.15) is 45.6 Å². The zero-order valence-electron chi connectivity index (χ0n) is 12.4. The summed E-state index contributed by atoms with van der Waals surface area (Å²) in [6, 6.07) is 12.2. The minimum Gasteiger partial charge on any atom is -0.344 e. The molecule has 0 bridgehead atoms. The standard InChI is InChI=1S/C17H21NOS/c1-11(2)16(14-8-6-5-7-9-14)18-17(19)15-10-12(3)13(4)20-15/h5-11,16H,1-4H3,(H,18,19)/t16-/m0/s1. The van der Waals surface area contributed by atoms with Gasteiger partial charge in [-0.1, -0.05) is 44.2 Å². The Balaban J connectivity index is 2.19. The summed E-state index contributed by atoms with van der Waals surface area (Å²) in [5.41, 5.74) is 2.34. The summed E-state index contributed by atoms with van der Waals surface area (Å²) < 4.78 is 0. The molecule has 1 aromatic carbocycles. The number of hydrogen-bond donors (Lipinski definition) is 1. The molecule has 0 aliphatic carbocycles. The third kappa shape index (κ3) is 3.28. The van der Waals surface area contributed by atoms with Gasteiger partial charge in [-0.3, -0.25) is 4.79 Å². The predicted molar refractivity (Wildman–Crippen MR) is 85.3 cm³/mol. The molecule has 0 aliphatic heterocycles. The molecule has 2 aromatic rings. The second-order valence-electron chi connectivity index (χ2n) is 5.46. The molecule has 1 heterocycles. The van der Waals surface area contributed by atoms with Crippen LogP contribution in [0.3, 0.4) is 0 Å². The summed E-state index contributed by atoms with van der Waals surface area (Å²) >= 11 is 1.56. The van der Waals surface area contributed by atoms with E-state index in [2.05, 4.69) is 31.3 Å². The van der Waals surface area contributed by atoms with Gasteiger partial charge in [-0.25, -0.2) is 0 Å². The normalized spacial score (nSPS) is 12.4. The van der Waals surface area contributed by atoms with Gasteiger partial charge in [0.05, 0.1) is 10.9 Å². The van der Waals surface area contributed by atoms with Crippen LogP contribution in [-0.4, -0.2) is 5.91 Å². The molecule has 2 nitrogen and oxygen atoms in total. The van der Waals surface area contributed by atoms with Crippen molar-refractivity contribution in [3.8, 4) is 0 Å². The first kappa shape index (κ1) is 14.8. The number of carbonyl (C=O) groups excluding carboxylic acids is 1. The van der Waals surface area contributed by atoms with Crippen LogP contribution in [0.2, 0.25) is 0 Å². The van der Waals surface area contributed by atoms with Crippen molar-refractivity contribution in [2.24, 2.45) is 5.92 Å². The SMILES string of the molecule is Cc1cc(C(=O)N[C@H](c2ccccc2)C(C)C)sc1C. The van der Waals surface area contributed by atoms with E-state index in [-0.39, 0.29) is 11.9 Å². The summed E-state index contributed by atoms with van der Waals surface area (Å²) in [5, 5.41) is 3.16. The topological polar surface area (TPSA) is 29.1 Å². The number of carbonyl (C=O) groups is 1. The lowest BCUT2D eigenvalue weighted by Crippen LogP contribution is -2.31. The van der Waals surface area contributed by atoms with Crippen LogP contribution in [0, 0.1) is 19.8 Å². The molecule has 3 heteroatoms. The third-order valence-electron chi connectivity index (χ3n) is 3.50. The van der Waals surface area contributed by atoms with Gasteiger partial charge >= 0.3 is 0 Å². The van der Waals surface area contributed by atoms with Gasteiger partial charge in [0.25, 0.3) is 5.91 Å². The molecule has 1 aromatic heterocycles. The van der Waals surface area contributed by atoms with Crippen LogP contribution < -0.4 is 5.32 Å². The molecule has 1 atom stereocenters. The van der Waals surface area contributed by atoms with Crippen LogP contribution in [-0.2, 0) is 0 Å². The Kier molecular flexibility index (Phi) is 4.61. The number of hydrogen-bond acceptors (Lipinski definition) is 2. The van der Waals surface area contributed by atoms with Crippen molar-refractivity contribution < 1.29 is 4.79 Å². The largest absolute Gasteiger partial charge is 0.344 e. The molecular formula is C17H21NOS. The Morgan fingerprint density at radius 3 is 2.30 bits per heavy atom. The number of amides is 1. The molecule has 0 saturated carbocycles. The molecule has 1 N–H and O–H groups in total. The Morgan fingerprint density at radius 1 is 1.15 bits per heavy atom. The highest BCUT2D eigenvalue weighted by Gasteiger charge is 2.20. The molecule has 0 unspecified atom stereocenters. The maximum absolute atomic E-state index is 12.4. The summed E-state index contributed by atoms with van der Waals surface area (Å²) in [4.78, 5) is 14.4. The Morgan fingerprint density at radius 2 is 1.80 bits per heavy atom. The summed E-state index contributed by atoms with van der Waals surface area (Å²) in [7, 11) is 0. The van der Waals surface area contributed by atoms with E-state index < -0.39 is 0 Å². The molecule has 20 heavy (non-hydrogen) atoms. The number of aryl methyl sites for hydroxylation is 2. The van der Waals surface area contributed by atoms with Crippen molar-refractivity contribution in [3.05, 3.63) is 57.3 Å². The van der Waals surface area contributed by atoms with Gasteiger partial charge in [0, 0.05) is 4.88 Å². The highest BCUT2D eigenvalue weighted by molar-refractivity contribution is 7.14. The van der Waals surface area contributed by atoms with Crippen molar-refractivity contribution in [2.75, 3.05) is 0 Å². The van der Waals surface area contributed by atoms with E-state index >= 15 is 0 Å². The molecule has 0 aliphatic rings. The lowest BCUT2D eigenvalue weighted by Gasteiger charge is -2.22. The Hall–Kier alpha value is -1.61. The van der Waals surface area contributed by atoms with E-state index in [1.165, 1.54) is 10.4 Å². The first-order chi connectivity index (χ1) is 9.49. The summed E-state index contributed by atoms with van der Waals surface area (Å²) in [6.45, 7) is 8.35. The molecule has 1 amide bonds. The van der Waals surface area contributed by atoms with Gasteiger partial charge in [-0.05, 0) is 37.0 Å². The minimum absolute atomic E-state index is 0.0220. The van der Waals surface area contributed by atoms with E-state index in [1.54, 1.807) is 11.3 Å². The van der Waals surface area contributed by atoms with Gasteiger partial charge in [0.15, 0.2) is 0 Å². The fraction of sp³-hybridized carbons (Fsp3) is 0.353. The maximum Gasteiger partial charge on any atom is 0.261 e. The number of rotatable bonds is 4. The quantitative estimate of drug-likeness (QED) is 0.882. The highest BCUT2D eigenvalue weighted by atomic mass is 32.1. The van der Waals surface area contributed by atoms with Crippen LogP contribution >= 0.6 is 11.3 Å². The maximum atomic E-state index is 12.4. The van der Waals surface area contributed by atoms with E-state index in [4.69, 9.17) is 0 Å². The highest BCUT2D eigenvalue weighted by Crippen LogP contribution is 2.24. The van der Waals surface area contributed by atoms with E-state index in [9.17, 15) is 4.79 Å².